The molecule has 0 saturated heterocycles. The summed E-state index contributed by atoms with van der Waals surface area (Å²) in [5.41, 5.74) is 5.70. The van der Waals surface area contributed by atoms with E-state index >= 15 is 0 Å². The minimum atomic E-state index is -0.697. The van der Waals surface area contributed by atoms with Gasteiger partial charge in [0, 0.05) is 9.35 Å². The number of fused-ring (bicyclic) bond motifs is 1. The summed E-state index contributed by atoms with van der Waals surface area (Å²) < 4.78 is 14.3. The Morgan fingerprint density at radius 2 is 2.00 bits per heavy atom. The Morgan fingerprint density at radius 3 is 2.79 bits per heavy atom. The van der Waals surface area contributed by atoms with E-state index in [1.165, 1.54) is 40.0 Å². The molecule has 1 aromatic carbocycles. The molecule has 0 aliphatic heterocycles. The summed E-state index contributed by atoms with van der Waals surface area (Å²) in [4.78, 5) is 26.0. The van der Waals surface area contributed by atoms with E-state index in [2.05, 4.69) is 33.7 Å². The van der Waals surface area contributed by atoms with Crippen LogP contribution in [0.1, 0.15) is 43.8 Å². The average Bonchev–Trinajstić information content (AvgIpc) is 2.97. The SMILES string of the molecule is C[C@@H]1CCc2sc(C(=O)NNC(=O)c3cc(Br)ccc3F)cc2C1. The van der Waals surface area contributed by atoms with Crippen LogP contribution in [-0.2, 0) is 12.8 Å². The van der Waals surface area contributed by atoms with E-state index in [9.17, 15) is 14.0 Å². The molecule has 0 fully saturated rings. The van der Waals surface area contributed by atoms with Gasteiger partial charge in [0.2, 0.25) is 0 Å². The van der Waals surface area contributed by atoms with Gasteiger partial charge < -0.3 is 0 Å². The lowest BCUT2D eigenvalue weighted by atomic mass is 9.90. The first-order chi connectivity index (χ1) is 11.4. The highest BCUT2D eigenvalue weighted by Crippen LogP contribution is 2.32. The van der Waals surface area contributed by atoms with E-state index in [-0.39, 0.29) is 11.5 Å². The van der Waals surface area contributed by atoms with E-state index in [0.29, 0.717) is 15.3 Å². The predicted octanol–water partition coefficient (Wildman–Crippen LogP) is 3.85. The maximum atomic E-state index is 13.7. The minimum Gasteiger partial charge on any atom is -0.267 e. The highest BCUT2D eigenvalue weighted by atomic mass is 79.9. The number of hydrogen-bond acceptors (Lipinski definition) is 3. The summed E-state index contributed by atoms with van der Waals surface area (Å²) in [7, 11) is 0. The molecule has 0 spiro atoms. The molecule has 1 aliphatic carbocycles. The maximum absolute atomic E-state index is 13.7. The lowest BCUT2D eigenvalue weighted by Crippen LogP contribution is -2.41. The van der Waals surface area contributed by atoms with E-state index in [1.807, 2.05) is 6.07 Å². The van der Waals surface area contributed by atoms with Crippen molar-refractivity contribution >= 4 is 39.1 Å². The fourth-order valence-electron chi connectivity index (χ4n) is 2.73. The van der Waals surface area contributed by atoms with E-state index in [0.717, 1.165) is 19.3 Å². The van der Waals surface area contributed by atoms with E-state index in [4.69, 9.17) is 0 Å². The lowest BCUT2D eigenvalue weighted by molar-refractivity contribution is 0.0846. The molecule has 1 aliphatic rings. The highest BCUT2D eigenvalue weighted by Gasteiger charge is 2.21. The largest absolute Gasteiger partial charge is 0.279 e. The summed E-state index contributed by atoms with van der Waals surface area (Å²) in [5.74, 6) is -1.10. The van der Waals surface area contributed by atoms with Crippen molar-refractivity contribution in [1.29, 1.82) is 0 Å². The topological polar surface area (TPSA) is 58.2 Å². The molecule has 24 heavy (non-hydrogen) atoms. The molecule has 2 N–H and O–H groups in total. The molecule has 1 atom stereocenters. The first-order valence-electron chi connectivity index (χ1n) is 7.61. The number of thiophene rings is 1. The number of carbonyl (C=O) groups is 2. The average molecular weight is 411 g/mol. The smallest absolute Gasteiger partial charge is 0.267 e. The summed E-state index contributed by atoms with van der Waals surface area (Å²) in [6.45, 7) is 2.20. The zero-order valence-electron chi connectivity index (χ0n) is 13.0. The molecular formula is C17H16BrFN2O2S. The van der Waals surface area contributed by atoms with Gasteiger partial charge in [0.15, 0.2) is 0 Å². The van der Waals surface area contributed by atoms with Crippen LogP contribution < -0.4 is 10.9 Å². The fourth-order valence-corrected chi connectivity index (χ4v) is 4.20. The van der Waals surface area contributed by atoms with Crippen LogP contribution in [0.4, 0.5) is 4.39 Å². The van der Waals surface area contributed by atoms with Gasteiger partial charge in [-0.05, 0) is 55.0 Å². The third-order valence-corrected chi connectivity index (χ3v) is 5.74. The van der Waals surface area contributed by atoms with Gasteiger partial charge in [-0.1, -0.05) is 22.9 Å². The third kappa shape index (κ3) is 3.67. The Bertz CT molecular complexity index is 806. The van der Waals surface area contributed by atoms with E-state index in [1.54, 1.807) is 0 Å². The maximum Gasteiger partial charge on any atom is 0.279 e. The zero-order chi connectivity index (χ0) is 17.3. The Labute approximate surface area is 151 Å². The lowest BCUT2D eigenvalue weighted by Gasteiger charge is -2.16. The monoisotopic (exact) mass is 410 g/mol. The predicted molar refractivity (Wildman–Crippen MR) is 94.5 cm³/mol. The summed E-state index contributed by atoms with van der Waals surface area (Å²) in [5, 5.41) is 0. The number of carbonyl (C=O) groups excluding carboxylic acids is 2. The number of aryl methyl sites for hydroxylation is 1. The van der Waals surface area contributed by atoms with Crippen molar-refractivity contribution in [3.8, 4) is 0 Å². The van der Waals surface area contributed by atoms with Crippen molar-refractivity contribution in [2.24, 2.45) is 5.92 Å². The molecule has 0 bridgehead atoms. The molecule has 2 amide bonds. The van der Waals surface area contributed by atoms with Crippen LogP contribution in [0.25, 0.3) is 0 Å². The first-order valence-corrected chi connectivity index (χ1v) is 9.22. The Morgan fingerprint density at radius 1 is 1.25 bits per heavy atom. The molecular weight excluding hydrogens is 395 g/mol. The van der Waals surface area contributed by atoms with Crippen LogP contribution in [0.5, 0.6) is 0 Å². The molecule has 1 heterocycles. The van der Waals surface area contributed by atoms with Crippen LogP contribution in [0.2, 0.25) is 0 Å². The van der Waals surface area contributed by atoms with Gasteiger partial charge >= 0.3 is 0 Å². The molecule has 0 saturated carbocycles. The summed E-state index contributed by atoms with van der Waals surface area (Å²) in [6, 6.07) is 5.94. The second-order valence-corrected chi connectivity index (χ2v) is 7.99. The standard InChI is InChI=1S/C17H16BrFN2O2S/c1-9-2-5-14-10(6-9)7-15(24-14)17(23)21-20-16(22)12-8-11(18)3-4-13(12)19/h3-4,7-9H,2,5-6H2,1H3,(H,20,22)(H,21,23)/t9-/m1/s1. The third-order valence-electron chi connectivity index (χ3n) is 4.02. The van der Waals surface area contributed by atoms with Gasteiger partial charge in [-0.25, -0.2) is 4.39 Å². The quantitative estimate of drug-likeness (QED) is 0.738. The van der Waals surface area contributed by atoms with Crippen molar-refractivity contribution in [1.82, 2.24) is 10.9 Å². The number of amides is 2. The van der Waals surface area contributed by atoms with Gasteiger partial charge in [0.25, 0.3) is 11.8 Å². The normalized spacial score (nSPS) is 16.4. The highest BCUT2D eigenvalue weighted by molar-refractivity contribution is 9.10. The van der Waals surface area contributed by atoms with Gasteiger partial charge in [-0.3, -0.25) is 20.4 Å². The Balaban J connectivity index is 1.65. The van der Waals surface area contributed by atoms with Crippen molar-refractivity contribution < 1.29 is 14.0 Å². The molecule has 4 nitrogen and oxygen atoms in total. The van der Waals surface area contributed by atoms with Crippen LogP contribution in [-0.4, -0.2) is 11.8 Å². The van der Waals surface area contributed by atoms with Gasteiger partial charge in [-0.2, -0.15) is 0 Å². The van der Waals surface area contributed by atoms with E-state index < -0.39 is 11.7 Å². The molecule has 126 valence electrons. The van der Waals surface area contributed by atoms with Crippen molar-refractivity contribution in [3.05, 3.63) is 55.4 Å². The number of hydrogen-bond donors (Lipinski definition) is 2. The fraction of sp³-hybridized carbons (Fsp3) is 0.294. The number of halogens is 2. The second-order valence-electron chi connectivity index (χ2n) is 5.94. The van der Waals surface area contributed by atoms with Crippen LogP contribution >= 0.6 is 27.3 Å². The van der Waals surface area contributed by atoms with Crippen LogP contribution in [0.3, 0.4) is 0 Å². The number of benzene rings is 1. The van der Waals surface area contributed by atoms with Crippen LogP contribution in [0, 0.1) is 11.7 Å². The van der Waals surface area contributed by atoms with Gasteiger partial charge in [-0.15, -0.1) is 11.3 Å². The van der Waals surface area contributed by atoms with Crippen molar-refractivity contribution in [2.75, 3.05) is 0 Å². The van der Waals surface area contributed by atoms with Crippen molar-refractivity contribution in [2.45, 2.75) is 26.2 Å². The zero-order valence-corrected chi connectivity index (χ0v) is 15.4. The van der Waals surface area contributed by atoms with Crippen molar-refractivity contribution in [3.63, 3.8) is 0 Å². The first kappa shape index (κ1) is 17.1. The number of hydrazine groups is 1. The Hall–Kier alpha value is -1.73. The van der Waals surface area contributed by atoms with Crippen LogP contribution in [0.15, 0.2) is 28.7 Å². The summed E-state index contributed by atoms with van der Waals surface area (Å²) >= 11 is 4.64. The summed E-state index contributed by atoms with van der Waals surface area (Å²) in [6.07, 6.45) is 3.10. The van der Waals surface area contributed by atoms with Gasteiger partial charge in [0.1, 0.15) is 5.82 Å². The Kier molecular flexibility index (Phi) is 5.01. The molecule has 7 heteroatoms. The second kappa shape index (κ2) is 7.03. The number of rotatable bonds is 2. The molecule has 0 unspecified atom stereocenters. The number of nitrogens with one attached hydrogen (secondary N) is 2. The molecule has 1 aromatic heterocycles. The van der Waals surface area contributed by atoms with Gasteiger partial charge in [0.05, 0.1) is 10.4 Å². The minimum absolute atomic E-state index is 0.135. The molecule has 0 radical (unpaired) electrons. The molecule has 2 aromatic rings. The molecule has 3 rings (SSSR count).